The van der Waals surface area contributed by atoms with Crippen LogP contribution in [0.2, 0.25) is 5.02 Å². The van der Waals surface area contributed by atoms with E-state index in [1.165, 1.54) is 11.3 Å². The van der Waals surface area contributed by atoms with Gasteiger partial charge in [-0.2, -0.15) is 5.10 Å². The molecule has 1 atom stereocenters. The van der Waals surface area contributed by atoms with E-state index in [9.17, 15) is 4.79 Å². The number of nitrogens with zero attached hydrogens (tertiary/aromatic N) is 2. The summed E-state index contributed by atoms with van der Waals surface area (Å²) in [5.74, 6) is -0.0386. The number of rotatable bonds is 2. The molecule has 0 spiro atoms. The van der Waals surface area contributed by atoms with Gasteiger partial charge in [-0.15, -0.1) is 11.3 Å². The number of aryl methyl sites for hydroxylation is 2. The number of amides is 1. The Bertz CT molecular complexity index is 647. The molecule has 0 saturated carbocycles. The molecule has 2 aromatic heterocycles. The second-order valence-corrected chi connectivity index (χ2v) is 6.36. The smallest absolute Gasteiger partial charge is 0.266 e. The molecule has 5 nitrogen and oxygen atoms in total. The van der Waals surface area contributed by atoms with E-state index in [2.05, 4.69) is 10.2 Å². The van der Waals surface area contributed by atoms with E-state index >= 15 is 0 Å². The molecule has 21 heavy (non-hydrogen) atoms. The Hall–Kier alpha value is -1.37. The Kier molecular flexibility index (Phi) is 4.01. The lowest BCUT2D eigenvalue weighted by molar-refractivity contribution is -0.00274. The van der Waals surface area contributed by atoms with Gasteiger partial charge in [0.1, 0.15) is 4.88 Å². The topological polar surface area (TPSA) is 58.2 Å². The predicted molar refractivity (Wildman–Crippen MR) is 82.0 cm³/mol. The number of morpholine rings is 1. The summed E-state index contributed by atoms with van der Waals surface area (Å²) in [5, 5.41) is 9.54. The molecule has 1 fully saturated rings. The monoisotopic (exact) mass is 325 g/mol. The quantitative estimate of drug-likeness (QED) is 0.923. The lowest BCUT2D eigenvalue weighted by Crippen LogP contribution is -2.43. The van der Waals surface area contributed by atoms with Gasteiger partial charge in [0, 0.05) is 17.8 Å². The number of H-pyrrole nitrogens is 1. The Morgan fingerprint density at radius 1 is 1.57 bits per heavy atom. The van der Waals surface area contributed by atoms with E-state index in [-0.39, 0.29) is 11.9 Å². The molecular weight excluding hydrogens is 310 g/mol. The molecule has 0 aliphatic carbocycles. The maximum Gasteiger partial charge on any atom is 0.266 e. The van der Waals surface area contributed by atoms with E-state index in [1.54, 1.807) is 6.07 Å². The fourth-order valence-corrected chi connectivity index (χ4v) is 3.80. The fourth-order valence-electron chi connectivity index (χ4n) is 2.71. The van der Waals surface area contributed by atoms with E-state index in [0.29, 0.717) is 29.7 Å². The lowest BCUT2D eigenvalue weighted by atomic mass is 10.0. The third-order valence-corrected chi connectivity index (χ3v) is 5.05. The van der Waals surface area contributed by atoms with Crippen molar-refractivity contribution in [2.75, 3.05) is 19.8 Å². The van der Waals surface area contributed by atoms with Crippen LogP contribution >= 0.6 is 22.9 Å². The van der Waals surface area contributed by atoms with Gasteiger partial charge in [-0.1, -0.05) is 11.6 Å². The first-order valence-electron chi connectivity index (χ1n) is 6.72. The minimum absolute atomic E-state index is 0.0386. The molecule has 7 heteroatoms. The fraction of sp³-hybridized carbons (Fsp3) is 0.429. The molecule has 1 aliphatic rings. The van der Waals surface area contributed by atoms with Gasteiger partial charge in [-0.3, -0.25) is 9.89 Å². The summed E-state index contributed by atoms with van der Waals surface area (Å²) < 4.78 is 5.58. The van der Waals surface area contributed by atoms with Crippen molar-refractivity contribution in [2.45, 2.75) is 19.9 Å². The van der Waals surface area contributed by atoms with Gasteiger partial charge in [0.2, 0.25) is 0 Å². The largest absolute Gasteiger partial charge is 0.377 e. The molecule has 3 rings (SSSR count). The van der Waals surface area contributed by atoms with Crippen LogP contribution in [-0.2, 0) is 4.74 Å². The van der Waals surface area contributed by atoms with Crippen LogP contribution < -0.4 is 0 Å². The van der Waals surface area contributed by atoms with Gasteiger partial charge in [0.15, 0.2) is 0 Å². The third-order valence-electron chi connectivity index (χ3n) is 3.72. The molecule has 112 valence electrons. The third kappa shape index (κ3) is 2.59. The number of halogens is 1. The molecule has 1 amide bonds. The van der Waals surface area contributed by atoms with Crippen molar-refractivity contribution in [3.05, 3.63) is 38.3 Å². The summed E-state index contributed by atoms with van der Waals surface area (Å²) in [6, 6.07) is 1.63. The van der Waals surface area contributed by atoms with Crippen LogP contribution in [0.1, 0.15) is 32.7 Å². The van der Waals surface area contributed by atoms with Crippen LogP contribution in [-0.4, -0.2) is 40.8 Å². The highest BCUT2D eigenvalue weighted by molar-refractivity contribution is 7.12. The summed E-state index contributed by atoms with van der Waals surface area (Å²) in [4.78, 5) is 15.2. The highest BCUT2D eigenvalue weighted by Gasteiger charge is 2.33. The van der Waals surface area contributed by atoms with Crippen molar-refractivity contribution >= 4 is 28.8 Å². The van der Waals surface area contributed by atoms with Crippen molar-refractivity contribution in [3.8, 4) is 0 Å². The highest BCUT2D eigenvalue weighted by atomic mass is 35.5. The molecule has 1 unspecified atom stereocenters. The lowest BCUT2D eigenvalue weighted by Gasteiger charge is -2.35. The first-order chi connectivity index (χ1) is 10.1. The second kappa shape index (κ2) is 5.79. The molecule has 1 N–H and O–H groups in total. The maximum absolute atomic E-state index is 12.8. The molecule has 3 heterocycles. The Balaban J connectivity index is 1.96. The van der Waals surface area contributed by atoms with Crippen LogP contribution in [0.4, 0.5) is 0 Å². The summed E-state index contributed by atoms with van der Waals surface area (Å²) >= 11 is 7.47. The number of aromatic nitrogens is 2. The normalized spacial score (nSPS) is 19.0. The molecule has 1 saturated heterocycles. The minimum atomic E-state index is -0.122. The summed E-state index contributed by atoms with van der Waals surface area (Å²) in [7, 11) is 0. The van der Waals surface area contributed by atoms with Crippen molar-refractivity contribution in [1.29, 1.82) is 0 Å². The average molecular weight is 326 g/mol. The zero-order chi connectivity index (χ0) is 15.0. The zero-order valence-corrected chi connectivity index (χ0v) is 13.4. The Morgan fingerprint density at radius 3 is 3.00 bits per heavy atom. The van der Waals surface area contributed by atoms with Crippen molar-refractivity contribution < 1.29 is 9.53 Å². The number of hydrogen-bond acceptors (Lipinski definition) is 4. The SMILES string of the molecule is Cc1n[nH]c(C)c1C1COCCN1C(=O)c1sccc1Cl. The Morgan fingerprint density at radius 2 is 2.38 bits per heavy atom. The number of aromatic amines is 1. The number of thiophene rings is 1. The second-order valence-electron chi connectivity index (χ2n) is 5.03. The van der Waals surface area contributed by atoms with E-state index in [4.69, 9.17) is 16.3 Å². The molecule has 0 radical (unpaired) electrons. The van der Waals surface area contributed by atoms with Crippen molar-refractivity contribution in [1.82, 2.24) is 15.1 Å². The summed E-state index contributed by atoms with van der Waals surface area (Å²) in [6.07, 6.45) is 0. The standard InChI is InChI=1S/C14H16ClN3O2S/c1-8-12(9(2)17-16-8)11-7-20-5-4-18(11)14(19)13-10(15)3-6-21-13/h3,6,11H,4-5,7H2,1-2H3,(H,16,17). The van der Waals surface area contributed by atoms with Gasteiger partial charge in [-0.05, 0) is 25.3 Å². The molecule has 0 aromatic carbocycles. The molecule has 0 bridgehead atoms. The van der Waals surface area contributed by atoms with Gasteiger partial charge in [0.05, 0.1) is 30.0 Å². The number of ether oxygens (including phenoxy) is 1. The van der Waals surface area contributed by atoms with Gasteiger partial charge in [0.25, 0.3) is 5.91 Å². The predicted octanol–water partition coefficient (Wildman–Crippen LogP) is 2.96. The summed E-state index contributed by atoms with van der Waals surface area (Å²) in [5.41, 5.74) is 2.91. The number of carbonyl (C=O) groups excluding carboxylic acids is 1. The van der Waals surface area contributed by atoms with Gasteiger partial charge >= 0.3 is 0 Å². The van der Waals surface area contributed by atoms with Gasteiger partial charge < -0.3 is 9.64 Å². The van der Waals surface area contributed by atoms with Crippen molar-refractivity contribution in [2.24, 2.45) is 0 Å². The first kappa shape index (κ1) is 14.6. The zero-order valence-electron chi connectivity index (χ0n) is 11.9. The van der Waals surface area contributed by atoms with Crippen molar-refractivity contribution in [3.63, 3.8) is 0 Å². The van der Waals surface area contributed by atoms with E-state index in [0.717, 1.165) is 17.0 Å². The van der Waals surface area contributed by atoms with Crippen LogP contribution in [0.5, 0.6) is 0 Å². The average Bonchev–Trinajstić information content (AvgIpc) is 3.04. The molecule has 1 aliphatic heterocycles. The minimum Gasteiger partial charge on any atom is -0.377 e. The number of nitrogens with one attached hydrogen (secondary N) is 1. The van der Waals surface area contributed by atoms with Crippen LogP contribution in [0.25, 0.3) is 0 Å². The number of carbonyl (C=O) groups is 1. The maximum atomic E-state index is 12.8. The molecule has 2 aromatic rings. The van der Waals surface area contributed by atoms with E-state index < -0.39 is 0 Å². The summed E-state index contributed by atoms with van der Waals surface area (Å²) in [6.45, 7) is 5.48. The van der Waals surface area contributed by atoms with Crippen LogP contribution in [0, 0.1) is 13.8 Å². The van der Waals surface area contributed by atoms with Gasteiger partial charge in [-0.25, -0.2) is 0 Å². The highest BCUT2D eigenvalue weighted by Crippen LogP contribution is 2.32. The van der Waals surface area contributed by atoms with E-state index in [1.807, 2.05) is 24.1 Å². The Labute approximate surface area is 131 Å². The van der Waals surface area contributed by atoms with Crippen LogP contribution in [0.3, 0.4) is 0 Å². The van der Waals surface area contributed by atoms with Crippen LogP contribution in [0.15, 0.2) is 11.4 Å². The number of hydrogen-bond donors (Lipinski definition) is 1. The molecular formula is C14H16ClN3O2S. The first-order valence-corrected chi connectivity index (χ1v) is 7.98.